The average molecular weight is 805 g/mol. The molecular weight excluding hydrogens is 709 g/mol. The summed E-state index contributed by atoms with van der Waals surface area (Å²) in [6, 6.07) is 0. The molecule has 9 nitrogen and oxygen atoms in total. The third-order valence-electron chi connectivity index (χ3n) is 10.0. The zero-order valence-corrected chi connectivity index (χ0v) is 37.5. The molecule has 0 aromatic heterocycles. The Balaban J connectivity index is 3.05. The number of rotatable bonds is 53. The summed E-state index contributed by atoms with van der Waals surface area (Å²) in [4.78, 5) is 0. The zero-order valence-electron chi connectivity index (χ0n) is 37.5. The maximum absolute atomic E-state index is 5.71. The molecule has 0 radical (unpaired) electrons. The van der Waals surface area contributed by atoms with E-state index in [2.05, 4.69) is 13.8 Å². The molecule has 0 saturated carbocycles. The van der Waals surface area contributed by atoms with Crippen LogP contribution in [0.2, 0.25) is 0 Å². The molecule has 0 bridgehead atoms. The first-order valence-corrected chi connectivity index (χ1v) is 24.1. The predicted molar refractivity (Wildman–Crippen MR) is 233 cm³/mol. The summed E-state index contributed by atoms with van der Waals surface area (Å²) in [5.74, 6) is 0. The molecule has 9 heteroatoms. The highest BCUT2D eigenvalue weighted by Gasteiger charge is 1.98. The Morgan fingerprint density at radius 1 is 0.143 bits per heavy atom. The van der Waals surface area contributed by atoms with Crippen LogP contribution in [0.25, 0.3) is 0 Å². The Bertz CT molecular complexity index is 603. The van der Waals surface area contributed by atoms with E-state index in [1.165, 1.54) is 161 Å². The van der Waals surface area contributed by atoms with Crippen molar-refractivity contribution in [3.8, 4) is 0 Å². The van der Waals surface area contributed by atoms with Crippen LogP contribution in [0.3, 0.4) is 0 Å². The topological polar surface area (TPSA) is 83.1 Å². The van der Waals surface area contributed by atoms with Gasteiger partial charge in [0.1, 0.15) is 0 Å². The zero-order chi connectivity index (χ0) is 40.2. The van der Waals surface area contributed by atoms with Gasteiger partial charge in [-0.05, 0) is 12.8 Å². The maximum Gasteiger partial charge on any atom is 0.0701 e. The van der Waals surface area contributed by atoms with Gasteiger partial charge in [0.2, 0.25) is 0 Å². The van der Waals surface area contributed by atoms with Crippen molar-refractivity contribution in [1.29, 1.82) is 0 Å². The van der Waals surface area contributed by atoms with Crippen LogP contribution < -0.4 is 0 Å². The summed E-state index contributed by atoms with van der Waals surface area (Å²) in [5, 5.41) is 0. The predicted octanol–water partition coefficient (Wildman–Crippen LogP) is 11.7. The van der Waals surface area contributed by atoms with E-state index in [1.54, 1.807) is 0 Å². The Hall–Kier alpha value is -0.360. The van der Waals surface area contributed by atoms with E-state index in [0.29, 0.717) is 106 Å². The molecule has 0 heterocycles. The van der Waals surface area contributed by atoms with Crippen molar-refractivity contribution in [2.24, 2.45) is 0 Å². The monoisotopic (exact) mass is 805 g/mol. The lowest BCUT2D eigenvalue weighted by Crippen LogP contribution is -2.15. The molecule has 0 aliphatic rings. The van der Waals surface area contributed by atoms with Gasteiger partial charge in [0.05, 0.1) is 106 Å². The molecular formula is C47H96O9. The lowest BCUT2D eigenvalue weighted by atomic mass is 10.0. The van der Waals surface area contributed by atoms with Crippen molar-refractivity contribution in [3.63, 3.8) is 0 Å². The minimum atomic E-state index is 0.544. The van der Waals surface area contributed by atoms with Crippen LogP contribution in [0.15, 0.2) is 0 Å². The molecule has 0 aromatic rings. The van der Waals surface area contributed by atoms with Gasteiger partial charge in [-0.1, -0.05) is 174 Å². The van der Waals surface area contributed by atoms with Crippen LogP contribution in [0.4, 0.5) is 0 Å². The van der Waals surface area contributed by atoms with Crippen molar-refractivity contribution in [2.75, 3.05) is 119 Å². The Morgan fingerprint density at radius 3 is 0.429 bits per heavy atom. The van der Waals surface area contributed by atoms with Gasteiger partial charge in [0, 0.05) is 13.2 Å². The van der Waals surface area contributed by atoms with Gasteiger partial charge >= 0.3 is 0 Å². The molecule has 0 N–H and O–H groups in total. The third-order valence-corrected chi connectivity index (χ3v) is 10.0. The van der Waals surface area contributed by atoms with Gasteiger partial charge in [0.25, 0.3) is 0 Å². The normalized spacial score (nSPS) is 11.7. The molecule has 56 heavy (non-hydrogen) atoms. The van der Waals surface area contributed by atoms with Crippen molar-refractivity contribution < 1.29 is 42.6 Å². The van der Waals surface area contributed by atoms with Gasteiger partial charge in [0.15, 0.2) is 0 Å². The van der Waals surface area contributed by atoms with Crippen LogP contribution >= 0.6 is 0 Å². The van der Waals surface area contributed by atoms with Gasteiger partial charge in [-0.3, -0.25) is 0 Å². The van der Waals surface area contributed by atoms with Gasteiger partial charge in [-0.15, -0.1) is 0 Å². The number of unbranched alkanes of at least 4 members (excludes halogenated alkanes) is 25. The maximum atomic E-state index is 5.71. The largest absolute Gasteiger partial charge is 0.379 e. The minimum absolute atomic E-state index is 0.544. The Morgan fingerprint density at radius 2 is 0.268 bits per heavy atom. The van der Waals surface area contributed by atoms with Crippen LogP contribution in [0, 0.1) is 0 Å². The van der Waals surface area contributed by atoms with Crippen LogP contribution in [-0.4, -0.2) is 119 Å². The SMILES string of the molecule is CCCCCCCCCCCCCCCCCCOCCOCCOCCOCCOCCOCCOCCOCCOCCCCCCCCCCCCC. The second-order valence-electron chi connectivity index (χ2n) is 15.4. The number of ether oxygens (including phenoxy) is 9. The Kier molecular flexibility index (Phi) is 54.3. The molecule has 0 aliphatic carbocycles. The van der Waals surface area contributed by atoms with Crippen molar-refractivity contribution in [1.82, 2.24) is 0 Å². The summed E-state index contributed by atoms with van der Waals surface area (Å²) in [5.41, 5.74) is 0. The molecule has 0 aliphatic heterocycles. The summed E-state index contributed by atoms with van der Waals surface area (Å²) in [7, 11) is 0. The first kappa shape index (κ1) is 55.6. The molecule has 0 unspecified atom stereocenters. The van der Waals surface area contributed by atoms with E-state index in [1.807, 2.05) is 0 Å². The standard InChI is InChI=1S/C47H96O9/c1-3-5-7-9-11-13-15-16-17-18-19-21-23-25-27-29-31-49-33-35-51-37-39-53-41-43-55-45-47-56-46-44-54-42-40-52-38-36-50-34-32-48-30-28-26-24-22-20-14-12-10-8-6-4-2/h3-47H2,1-2H3. The van der Waals surface area contributed by atoms with Crippen molar-refractivity contribution in [2.45, 2.75) is 187 Å². The summed E-state index contributed by atoms with van der Waals surface area (Å²) < 4.78 is 50.3. The highest BCUT2D eigenvalue weighted by atomic mass is 16.6. The van der Waals surface area contributed by atoms with Crippen molar-refractivity contribution >= 4 is 0 Å². The fourth-order valence-corrected chi connectivity index (χ4v) is 6.48. The number of hydrogen-bond donors (Lipinski definition) is 0. The quantitative estimate of drug-likeness (QED) is 0.0558. The molecule has 0 aromatic carbocycles. The highest BCUT2D eigenvalue weighted by Crippen LogP contribution is 2.14. The Labute approximate surface area is 348 Å². The lowest BCUT2D eigenvalue weighted by molar-refractivity contribution is -0.0250. The minimum Gasteiger partial charge on any atom is -0.379 e. The van der Waals surface area contributed by atoms with Crippen LogP contribution in [-0.2, 0) is 42.6 Å². The molecule has 0 atom stereocenters. The van der Waals surface area contributed by atoms with Gasteiger partial charge < -0.3 is 42.6 Å². The molecule has 0 spiro atoms. The van der Waals surface area contributed by atoms with Crippen LogP contribution in [0.5, 0.6) is 0 Å². The van der Waals surface area contributed by atoms with E-state index in [-0.39, 0.29) is 0 Å². The van der Waals surface area contributed by atoms with Crippen molar-refractivity contribution in [3.05, 3.63) is 0 Å². The third kappa shape index (κ3) is 53.6. The average Bonchev–Trinajstić information content (AvgIpc) is 3.21. The van der Waals surface area contributed by atoms with E-state index < -0.39 is 0 Å². The fraction of sp³-hybridized carbons (Fsp3) is 1.00. The summed E-state index contributed by atoms with van der Waals surface area (Å²) >= 11 is 0. The fourth-order valence-electron chi connectivity index (χ4n) is 6.48. The van der Waals surface area contributed by atoms with Gasteiger partial charge in [-0.2, -0.15) is 0 Å². The molecule has 0 saturated heterocycles. The first-order chi connectivity index (χ1) is 27.9. The summed E-state index contributed by atoms with van der Waals surface area (Å²) in [6.45, 7) is 15.5. The summed E-state index contributed by atoms with van der Waals surface area (Å²) in [6.07, 6.45) is 37.2. The van der Waals surface area contributed by atoms with E-state index in [4.69, 9.17) is 42.6 Å². The van der Waals surface area contributed by atoms with E-state index >= 15 is 0 Å². The smallest absolute Gasteiger partial charge is 0.0701 e. The second-order valence-corrected chi connectivity index (χ2v) is 15.4. The first-order valence-electron chi connectivity index (χ1n) is 24.1. The molecule has 0 amide bonds. The van der Waals surface area contributed by atoms with Gasteiger partial charge in [-0.25, -0.2) is 0 Å². The molecule has 338 valence electrons. The van der Waals surface area contributed by atoms with E-state index in [0.717, 1.165) is 26.1 Å². The highest BCUT2D eigenvalue weighted by molar-refractivity contribution is 4.51. The van der Waals surface area contributed by atoms with Crippen LogP contribution in [0.1, 0.15) is 187 Å². The lowest BCUT2D eigenvalue weighted by Gasteiger charge is -2.09. The molecule has 0 fully saturated rings. The molecule has 0 rings (SSSR count). The second kappa shape index (κ2) is 54.6. The number of hydrogen-bond acceptors (Lipinski definition) is 9. The van der Waals surface area contributed by atoms with E-state index in [9.17, 15) is 0 Å².